The van der Waals surface area contributed by atoms with E-state index in [0.717, 1.165) is 0 Å². The van der Waals surface area contributed by atoms with Gasteiger partial charge in [-0.15, -0.1) is 0 Å². The average Bonchev–Trinajstić information content (AvgIpc) is 2.25. The Hall–Kier alpha value is -1.66. The Morgan fingerprint density at radius 3 is 2.69 bits per heavy atom. The van der Waals surface area contributed by atoms with Crippen LogP contribution in [-0.2, 0) is 5.60 Å². The number of benzene rings is 1. The minimum absolute atomic E-state index is 0.125. The summed E-state index contributed by atoms with van der Waals surface area (Å²) >= 11 is 0. The second-order valence-electron chi connectivity index (χ2n) is 3.78. The Balaban J connectivity index is 2.42. The van der Waals surface area contributed by atoms with E-state index in [4.69, 9.17) is 4.74 Å². The molecule has 86 valence electrons. The highest BCUT2D eigenvalue weighted by Crippen LogP contribution is 2.33. The van der Waals surface area contributed by atoms with Gasteiger partial charge >= 0.3 is 5.69 Å². The Kier molecular flexibility index (Phi) is 2.53. The lowest BCUT2D eigenvalue weighted by molar-refractivity contribution is -0.385. The predicted molar refractivity (Wildman–Crippen MR) is 56.4 cm³/mol. The van der Waals surface area contributed by atoms with Crippen molar-refractivity contribution < 1.29 is 14.8 Å². The van der Waals surface area contributed by atoms with Gasteiger partial charge in [-0.1, -0.05) is 6.07 Å². The zero-order chi connectivity index (χ0) is 11.8. The van der Waals surface area contributed by atoms with Crippen LogP contribution in [0.4, 0.5) is 5.69 Å². The number of aliphatic hydroxyl groups is 1. The maximum atomic E-state index is 10.8. The van der Waals surface area contributed by atoms with Crippen molar-refractivity contribution in [3.63, 3.8) is 0 Å². The number of nitro groups is 1. The molecule has 1 saturated heterocycles. The van der Waals surface area contributed by atoms with Crippen molar-refractivity contribution in [3.8, 4) is 5.75 Å². The molecule has 6 heteroatoms. The molecular formula is C10H12N2O4. The second-order valence-corrected chi connectivity index (χ2v) is 3.78. The number of hydrogen-bond donors (Lipinski definition) is 2. The molecule has 1 heterocycles. The Morgan fingerprint density at radius 2 is 2.25 bits per heavy atom. The summed E-state index contributed by atoms with van der Waals surface area (Å²) in [7, 11) is 1.38. The van der Waals surface area contributed by atoms with Crippen LogP contribution >= 0.6 is 0 Å². The van der Waals surface area contributed by atoms with Crippen LogP contribution in [0.25, 0.3) is 0 Å². The van der Waals surface area contributed by atoms with Crippen LogP contribution in [0.5, 0.6) is 5.75 Å². The fourth-order valence-corrected chi connectivity index (χ4v) is 1.69. The van der Waals surface area contributed by atoms with E-state index in [1.54, 1.807) is 6.07 Å². The van der Waals surface area contributed by atoms with Gasteiger partial charge in [0.2, 0.25) is 0 Å². The highest BCUT2D eigenvalue weighted by molar-refractivity contribution is 5.50. The van der Waals surface area contributed by atoms with E-state index in [9.17, 15) is 15.2 Å². The van der Waals surface area contributed by atoms with Crippen LogP contribution in [0.1, 0.15) is 5.56 Å². The van der Waals surface area contributed by atoms with Crippen LogP contribution in [0.15, 0.2) is 18.2 Å². The van der Waals surface area contributed by atoms with Crippen molar-refractivity contribution >= 4 is 5.69 Å². The summed E-state index contributed by atoms with van der Waals surface area (Å²) in [6.07, 6.45) is 0. The summed E-state index contributed by atoms with van der Waals surface area (Å²) in [5, 5.41) is 23.7. The molecule has 2 rings (SSSR count). The number of methoxy groups -OCH3 is 1. The maximum Gasteiger partial charge on any atom is 0.311 e. The molecule has 0 spiro atoms. The van der Waals surface area contributed by atoms with E-state index >= 15 is 0 Å². The number of ether oxygens (including phenoxy) is 1. The van der Waals surface area contributed by atoms with Crippen molar-refractivity contribution in [2.45, 2.75) is 5.60 Å². The third-order valence-corrected chi connectivity index (χ3v) is 2.75. The maximum absolute atomic E-state index is 10.8. The topological polar surface area (TPSA) is 84.6 Å². The molecule has 0 unspecified atom stereocenters. The van der Waals surface area contributed by atoms with Crippen LogP contribution in [0.3, 0.4) is 0 Å². The minimum atomic E-state index is -0.989. The molecule has 1 aliphatic rings. The highest BCUT2D eigenvalue weighted by Gasteiger charge is 2.37. The first-order valence-electron chi connectivity index (χ1n) is 4.83. The van der Waals surface area contributed by atoms with Crippen molar-refractivity contribution in [3.05, 3.63) is 33.9 Å². The molecule has 1 aromatic rings. The summed E-state index contributed by atoms with van der Waals surface area (Å²) in [6, 6.07) is 4.51. The Labute approximate surface area is 92.0 Å². The number of nitrogens with zero attached hydrogens (tertiary/aromatic N) is 1. The Bertz CT molecular complexity index is 429. The summed E-state index contributed by atoms with van der Waals surface area (Å²) in [5.41, 5.74) is -0.573. The first kappa shape index (κ1) is 10.8. The average molecular weight is 224 g/mol. The molecule has 0 bridgehead atoms. The highest BCUT2D eigenvalue weighted by atomic mass is 16.6. The SMILES string of the molecule is COc1ccc(C2(O)CNC2)cc1[N+](=O)[O-]. The van der Waals surface area contributed by atoms with Gasteiger partial charge in [-0.05, 0) is 11.6 Å². The fraction of sp³-hybridized carbons (Fsp3) is 0.400. The second kappa shape index (κ2) is 3.73. The molecule has 0 atom stereocenters. The number of nitro benzene ring substituents is 1. The van der Waals surface area contributed by atoms with Gasteiger partial charge in [0.05, 0.1) is 12.0 Å². The van der Waals surface area contributed by atoms with E-state index < -0.39 is 10.5 Å². The normalized spacial score (nSPS) is 17.6. The lowest BCUT2D eigenvalue weighted by Crippen LogP contribution is -2.56. The summed E-state index contributed by atoms with van der Waals surface area (Å²) < 4.78 is 4.89. The quantitative estimate of drug-likeness (QED) is 0.573. The molecule has 0 radical (unpaired) electrons. The molecular weight excluding hydrogens is 212 g/mol. The van der Waals surface area contributed by atoms with Crippen molar-refractivity contribution in [1.82, 2.24) is 5.32 Å². The largest absolute Gasteiger partial charge is 0.490 e. The van der Waals surface area contributed by atoms with E-state index in [0.29, 0.717) is 18.7 Å². The van der Waals surface area contributed by atoms with Crippen LogP contribution in [0.2, 0.25) is 0 Å². The molecule has 1 fully saturated rings. The molecule has 0 saturated carbocycles. The predicted octanol–water partition coefficient (Wildman–Crippen LogP) is 0.394. The summed E-state index contributed by atoms with van der Waals surface area (Å²) in [6.45, 7) is 0.826. The number of rotatable bonds is 3. The molecule has 16 heavy (non-hydrogen) atoms. The zero-order valence-corrected chi connectivity index (χ0v) is 8.77. The summed E-state index contributed by atoms with van der Waals surface area (Å²) in [5.74, 6) is 0.199. The summed E-state index contributed by atoms with van der Waals surface area (Å²) in [4.78, 5) is 10.3. The van der Waals surface area contributed by atoms with Gasteiger partial charge in [-0.25, -0.2) is 0 Å². The van der Waals surface area contributed by atoms with Gasteiger partial charge in [0.25, 0.3) is 0 Å². The lowest BCUT2D eigenvalue weighted by atomic mass is 9.88. The number of hydrogen-bond acceptors (Lipinski definition) is 5. The molecule has 6 nitrogen and oxygen atoms in total. The molecule has 2 N–H and O–H groups in total. The molecule has 1 aliphatic heterocycles. The standard InChI is InChI=1S/C10H12N2O4/c1-16-9-3-2-7(4-8(9)12(14)15)10(13)5-11-6-10/h2-4,11,13H,5-6H2,1H3. The van der Waals surface area contributed by atoms with E-state index in [1.165, 1.54) is 19.2 Å². The van der Waals surface area contributed by atoms with Gasteiger partial charge in [0, 0.05) is 19.2 Å². The van der Waals surface area contributed by atoms with Gasteiger partial charge in [0.1, 0.15) is 5.60 Å². The zero-order valence-electron chi connectivity index (χ0n) is 8.77. The van der Waals surface area contributed by atoms with Crippen LogP contribution in [0, 0.1) is 10.1 Å². The third kappa shape index (κ3) is 1.62. The molecule has 0 amide bonds. The van der Waals surface area contributed by atoms with Gasteiger partial charge in [0.15, 0.2) is 5.75 Å². The minimum Gasteiger partial charge on any atom is -0.490 e. The van der Waals surface area contributed by atoms with Crippen LogP contribution < -0.4 is 10.1 Å². The van der Waals surface area contributed by atoms with Gasteiger partial charge in [-0.2, -0.15) is 0 Å². The fourth-order valence-electron chi connectivity index (χ4n) is 1.69. The molecule has 0 aromatic heterocycles. The van der Waals surface area contributed by atoms with Crippen molar-refractivity contribution in [1.29, 1.82) is 0 Å². The van der Waals surface area contributed by atoms with Crippen molar-refractivity contribution in [2.75, 3.05) is 20.2 Å². The Morgan fingerprint density at radius 1 is 1.56 bits per heavy atom. The smallest absolute Gasteiger partial charge is 0.311 e. The molecule has 0 aliphatic carbocycles. The van der Waals surface area contributed by atoms with Gasteiger partial charge in [-0.3, -0.25) is 10.1 Å². The monoisotopic (exact) mass is 224 g/mol. The van der Waals surface area contributed by atoms with Crippen molar-refractivity contribution in [2.24, 2.45) is 0 Å². The lowest BCUT2D eigenvalue weighted by Gasteiger charge is -2.37. The molecule has 1 aromatic carbocycles. The van der Waals surface area contributed by atoms with Gasteiger partial charge < -0.3 is 15.2 Å². The third-order valence-electron chi connectivity index (χ3n) is 2.75. The number of nitrogens with one attached hydrogen (secondary N) is 1. The number of β-amino-alcohol motifs (C(OH)–C–C–N with tert-alkyl or cyclic N) is 1. The van der Waals surface area contributed by atoms with E-state index in [1.807, 2.05) is 0 Å². The van der Waals surface area contributed by atoms with E-state index in [-0.39, 0.29) is 11.4 Å². The van der Waals surface area contributed by atoms with E-state index in [2.05, 4.69) is 5.32 Å². The first-order chi connectivity index (χ1) is 7.57. The van der Waals surface area contributed by atoms with Crippen LogP contribution in [-0.4, -0.2) is 30.2 Å². The first-order valence-corrected chi connectivity index (χ1v) is 4.83.